The first-order valence-corrected chi connectivity index (χ1v) is 11.2. The zero-order chi connectivity index (χ0) is 21.4. The Bertz CT molecular complexity index is 1190. The molecule has 2 aromatic heterocycles. The Hall–Kier alpha value is -3.26. The highest BCUT2D eigenvalue weighted by molar-refractivity contribution is 7.18. The van der Waals surface area contributed by atoms with Crippen molar-refractivity contribution < 1.29 is 9.21 Å². The summed E-state index contributed by atoms with van der Waals surface area (Å²) < 4.78 is 5.86. The van der Waals surface area contributed by atoms with E-state index in [0.717, 1.165) is 47.6 Å². The van der Waals surface area contributed by atoms with Gasteiger partial charge in [-0.15, -0.1) is 10.2 Å². The summed E-state index contributed by atoms with van der Waals surface area (Å²) in [5.41, 5.74) is 5.03. The molecule has 7 nitrogen and oxygen atoms in total. The summed E-state index contributed by atoms with van der Waals surface area (Å²) in [5, 5.41) is 12.7. The third-order valence-electron chi connectivity index (χ3n) is 5.54. The average Bonchev–Trinajstić information content (AvgIpc) is 3.40. The van der Waals surface area contributed by atoms with Crippen molar-refractivity contribution in [3.05, 3.63) is 53.6 Å². The van der Waals surface area contributed by atoms with Gasteiger partial charge in [0, 0.05) is 24.6 Å². The molecule has 0 aliphatic carbocycles. The molecule has 4 aromatic rings. The zero-order valence-electron chi connectivity index (χ0n) is 17.5. The van der Waals surface area contributed by atoms with Crippen LogP contribution in [0.15, 0.2) is 46.9 Å². The third kappa shape index (κ3) is 4.16. The van der Waals surface area contributed by atoms with Gasteiger partial charge in [0.25, 0.3) is 6.01 Å². The highest BCUT2D eigenvalue weighted by atomic mass is 32.1. The predicted molar refractivity (Wildman–Crippen MR) is 122 cm³/mol. The van der Waals surface area contributed by atoms with Crippen molar-refractivity contribution in [1.82, 2.24) is 15.2 Å². The second-order valence-electron chi connectivity index (χ2n) is 8.00. The largest absolute Gasteiger partial charge is 0.423 e. The van der Waals surface area contributed by atoms with Crippen LogP contribution in [0.1, 0.15) is 24.0 Å². The van der Waals surface area contributed by atoms with Gasteiger partial charge in [0.15, 0.2) is 5.58 Å². The van der Waals surface area contributed by atoms with E-state index in [-0.39, 0.29) is 11.8 Å². The molecule has 0 spiro atoms. The number of nitrogens with zero attached hydrogens (tertiary/aromatic N) is 4. The Labute approximate surface area is 184 Å². The molecule has 2 aromatic carbocycles. The molecule has 0 unspecified atom stereocenters. The van der Waals surface area contributed by atoms with Crippen molar-refractivity contribution in [1.29, 1.82) is 0 Å². The van der Waals surface area contributed by atoms with Crippen molar-refractivity contribution in [2.24, 2.45) is 5.92 Å². The lowest BCUT2D eigenvalue weighted by Crippen LogP contribution is -2.38. The molecule has 0 atom stereocenters. The number of para-hydroxylation sites is 2. The lowest BCUT2D eigenvalue weighted by molar-refractivity contribution is -0.120. The molecule has 1 saturated heterocycles. The van der Waals surface area contributed by atoms with Crippen molar-refractivity contribution in [2.75, 3.05) is 23.3 Å². The van der Waals surface area contributed by atoms with Crippen LogP contribution >= 0.6 is 11.3 Å². The number of hydrogen-bond acceptors (Lipinski definition) is 7. The number of fused-ring (bicyclic) bond motifs is 1. The number of carbonyl (C=O) groups excluding carboxylic acids is 1. The summed E-state index contributed by atoms with van der Waals surface area (Å²) >= 11 is 1.41. The molecule has 1 amide bonds. The molecular formula is C23H23N5O2S. The van der Waals surface area contributed by atoms with Crippen LogP contribution in [0.25, 0.3) is 21.7 Å². The van der Waals surface area contributed by atoms with Gasteiger partial charge < -0.3 is 14.6 Å². The predicted octanol–water partition coefficient (Wildman–Crippen LogP) is 4.82. The Morgan fingerprint density at radius 3 is 2.58 bits per heavy atom. The van der Waals surface area contributed by atoms with Gasteiger partial charge in [0.1, 0.15) is 10.5 Å². The quantitative estimate of drug-likeness (QED) is 0.497. The second-order valence-corrected chi connectivity index (χ2v) is 8.98. The summed E-state index contributed by atoms with van der Waals surface area (Å²) in [6.07, 6.45) is 1.49. The molecule has 0 saturated carbocycles. The van der Waals surface area contributed by atoms with Gasteiger partial charge >= 0.3 is 0 Å². The van der Waals surface area contributed by atoms with E-state index in [1.54, 1.807) is 0 Å². The number of anilines is 2. The molecule has 1 aliphatic rings. The van der Waals surface area contributed by atoms with E-state index in [9.17, 15) is 4.79 Å². The van der Waals surface area contributed by atoms with Gasteiger partial charge in [0.2, 0.25) is 11.0 Å². The average molecular weight is 434 g/mol. The number of piperidine rings is 1. The number of nitrogens with one attached hydrogen (secondary N) is 1. The molecule has 158 valence electrons. The highest BCUT2D eigenvalue weighted by Gasteiger charge is 2.28. The number of aryl methyl sites for hydroxylation is 2. The standard InChI is InChI=1S/C23H23N5O2S/c1-14-11-15(2)13-17(12-14)21-26-27-22(31-21)25-20(29)16-7-9-28(10-8-16)23-24-18-5-3-4-6-19(18)30-23/h3-6,11-13,16H,7-10H2,1-2H3,(H,25,27,29). The minimum Gasteiger partial charge on any atom is -0.423 e. The Balaban J connectivity index is 1.21. The van der Waals surface area contributed by atoms with Crippen LogP contribution in [0.5, 0.6) is 0 Å². The number of hydrogen-bond donors (Lipinski definition) is 1. The van der Waals surface area contributed by atoms with Crippen LogP contribution in [-0.4, -0.2) is 34.2 Å². The minimum absolute atomic E-state index is 0.000313. The first-order chi connectivity index (χ1) is 15.0. The van der Waals surface area contributed by atoms with Gasteiger partial charge in [0.05, 0.1) is 0 Å². The van der Waals surface area contributed by atoms with E-state index in [1.807, 2.05) is 24.3 Å². The summed E-state index contributed by atoms with van der Waals surface area (Å²) in [4.78, 5) is 19.4. The Morgan fingerprint density at radius 1 is 1.10 bits per heavy atom. The van der Waals surface area contributed by atoms with E-state index in [2.05, 4.69) is 57.4 Å². The summed E-state index contributed by atoms with van der Waals surface area (Å²) in [6, 6.07) is 14.7. The molecule has 0 radical (unpaired) electrons. The zero-order valence-corrected chi connectivity index (χ0v) is 18.3. The third-order valence-corrected chi connectivity index (χ3v) is 6.43. The lowest BCUT2D eigenvalue weighted by atomic mass is 9.96. The summed E-state index contributed by atoms with van der Waals surface area (Å²) in [7, 11) is 0. The molecule has 1 fully saturated rings. The summed E-state index contributed by atoms with van der Waals surface area (Å²) in [5.74, 6) is -0.0606. The molecule has 8 heteroatoms. The maximum absolute atomic E-state index is 12.8. The molecule has 3 heterocycles. The smallest absolute Gasteiger partial charge is 0.298 e. The van der Waals surface area contributed by atoms with Crippen LogP contribution in [0, 0.1) is 19.8 Å². The summed E-state index contributed by atoms with van der Waals surface area (Å²) in [6.45, 7) is 5.59. The molecule has 31 heavy (non-hydrogen) atoms. The molecule has 0 bridgehead atoms. The van der Waals surface area contributed by atoms with E-state index in [1.165, 1.54) is 22.5 Å². The van der Waals surface area contributed by atoms with Crippen molar-refractivity contribution in [3.63, 3.8) is 0 Å². The molecule has 5 rings (SSSR count). The molecule has 1 N–H and O–H groups in total. The van der Waals surface area contributed by atoms with Crippen molar-refractivity contribution in [3.8, 4) is 10.6 Å². The van der Waals surface area contributed by atoms with E-state index in [4.69, 9.17) is 4.42 Å². The SMILES string of the molecule is Cc1cc(C)cc(-c2nnc(NC(=O)C3CCN(c4nc5ccccc5o4)CC3)s2)c1. The fourth-order valence-electron chi connectivity index (χ4n) is 4.02. The number of carbonyl (C=O) groups is 1. The lowest BCUT2D eigenvalue weighted by Gasteiger charge is -2.29. The number of amides is 1. The van der Waals surface area contributed by atoms with Crippen LogP contribution in [0.3, 0.4) is 0 Å². The first-order valence-electron chi connectivity index (χ1n) is 10.4. The second kappa shape index (κ2) is 8.11. The number of oxazole rings is 1. The van der Waals surface area contributed by atoms with Crippen LogP contribution in [-0.2, 0) is 4.79 Å². The van der Waals surface area contributed by atoms with E-state index < -0.39 is 0 Å². The fourth-order valence-corrected chi connectivity index (χ4v) is 4.76. The van der Waals surface area contributed by atoms with Crippen LogP contribution in [0.2, 0.25) is 0 Å². The van der Waals surface area contributed by atoms with Crippen molar-refractivity contribution >= 4 is 39.5 Å². The maximum Gasteiger partial charge on any atom is 0.298 e. The van der Waals surface area contributed by atoms with E-state index >= 15 is 0 Å². The van der Waals surface area contributed by atoms with Gasteiger partial charge in [-0.2, -0.15) is 4.98 Å². The van der Waals surface area contributed by atoms with Crippen LogP contribution < -0.4 is 10.2 Å². The number of benzene rings is 2. The van der Waals surface area contributed by atoms with Crippen molar-refractivity contribution in [2.45, 2.75) is 26.7 Å². The minimum atomic E-state index is -0.0609. The number of rotatable bonds is 4. The molecular weight excluding hydrogens is 410 g/mol. The Kier molecular flexibility index (Phi) is 5.15. The topological polar surface area (TPSA) is 84.2 Å². The van der Waals surface area contributed by atoms with Crippen LogP contribution in [0.4, 0.5) is 11.1 Å². The Morgan fingerprint density at radius 2 is 1.84 bits per heavy atom. The number of aromatic nitrogens is 3. The maximum atomic E-state index is 12.8. The first kappa shape index (κ1) is 19.7. The van der Waals surface area contributed by atoms with Gasteiger partial charge in [-0.25, -0.2) is 0 Å². The monoisotopic (exact) mass is 433 g/mol. The van der Waals surface area contributed by atoms with Gasteiger partial charge in [-0.1, -0.05) is 40.7 Å². The fraction of sp³-hybridized carbons (Fsp3) is 0.304. The van der Waals surface area contributed by atoms with E-state index in [0.29, 0.717) is 11.1 Å². The molecule has 1 aliphatic heterocycles. The highest BCUT2D eigenvalue weighted by Crippen LogP contribution is 2.30. The van der Waals surface area contributed by atoms with Gasteiger partial charge in [-0.05, 0) is 51.0 Å². The van der Waals surface area contributed by atoms with Gasteiger partial charge in [-0.3, -0.25) is 4.79 Å². The normalized spacial score (nSPS) is 14.8.